The lowest BCUT2D eigenvalue weighted by molar-refractivity contribution is 2.09. The molecular formula is CH3BS2. The van der Waals surface area contributed by atoms with Gasteiger partial charge in [0.05, 0.1) is 7.85 Å². The first-order chi connectivity index (χ1) is 1.73. The number of hydrogen-bond acceptors (Lipinski definition) is 2. The Morgan fingerprint density at radius 3 is 1.50 bits per heavy atom. The van der Waals surface area contributed by atoms with Crippen molar-refractivity contribution in [3.63, 3.8) is 0 Å². The maximum absolute atomic E-state index is 4.84. The van der Waals surface area contributed by atoms with E-state index in [0.717, 1.165) is 0 Å². The van der Waals surface area contributed by atoms with E-state index in [1.807, 2.05) is 0 Å². The monoisotopic (exact) mass is 90.0 g/mol. The SMILES string of the molecule is [B]C(S)S. The fourth-order valence-electron chi connectivity index (χ4n) is 0. The minimum absolute atomic E-state index is 0.278. The third-order valence-corrected chi connectivity index (χ3v) is 0. The summed E-state index contributed by atoms with van der Waals surface area (Å²) in [5.41, 5.74) is 0. The van der Waals surface area contributed by atoms with Gasteiger partial charge in [-0.15, -0.1) is 0 Å². The Balaban J connectivity index is 2.32. The highest BCUT2D eigenvalue weighted by Crippen LogP contribution is 1.87. The molecule has 0 aliphatic heterocycles. The van der Waals surface area contributed by atoms with E-state index in [1.165, 1.54) is 0 Å². The first-order valence-electron chi connectivity index (χ1n) is 0.850. The van der Waals surface area contributed by atoms with Crippen molar-refractivity contribution in [2.24, 2.45) is 0 Å². The molecule has 0 aromatic heterocycles. The van der Waals surface area contributed by atoms with Gasteiger partial charge in [-0.2, -0.15) is 25.3 Å². The first-order valence-corrected chi connectivity index (χ1v) is 1.88. The second kappa shape index (κ2) is 2.03. The third kappa shape index (κ3) is 14.7. The molecular weight excluding hydrogens is 87.0 g/mol. The Bertz CT molecular complexity index is 10.8. The van der Waals surface area contributed by atoms with Crippen LogP contribution in [0.3, 0.4) is 0 Å². The van der Waals surface area contributed by atoms with Gasteiger partial charge in [-0.1, -0.05) is 0 Å². The molecule has 22 valence electrons. The van der Waals surface area contributed by atoms with Crippen molar-refractivity contribution >= 4 is 33.1 Å². The highest BCUT2D eigenvalue weighted by Gasteiger charge is 1.70. The zero-order chi connectivity index (χ0) is 3.58. The molecule has 0 aromatic carbocycles. The molecule has 0 bridgehead atoms. The van der Waals surface area contributed by atoms with Crippen LogP contribution >= 0.6 is 25.3 Å². The zero-order valence-electron chi connectivity index (χ0n) is 2.05. The van der Waals surface area contributed by atoms with Crippen LogP contribution in [0.2, 0.25) is 0 Å². The third-order valence-electron chi connectivity index (χ3n) is 0. The van der Waals surface area contributed by atoms with Gasteiger partial charge in [0.1, 0.15) is 0 Å². The van der Waals surface area contributed by atoms with E-state index >= 15 is 0 Å². The maximum atomic E-state index is 4.84. The second-order valence-electron chi connectivity index (χ2n) is 0.414. The van der Waals surface area contributed by atoms with E-state index in [-0.39, 0.29) is 4.48 Å². The molecule has 0 aliphatic rings. The van der Waals surface area contributed by atoms with Gasteiger partial charge in [0.15, 0.2) is 0 Å². The van der Waals surface area contributed by atoms with Crippen LogP contribution in [-0.4, -0.2) is 12.3 Å². The van der Waals surface area contributed by atoms with Crippen LogP contribution in [-0.2, 0) is 0 Å². The van der Waals surface area contributed by atoms with Gasteiger partial charge in [0.25, 0.3) is 0 Å². The standard InChI is InChI=1S/CH3BS2/c2-1(3)4/h1,3-4H. The van der Waals surface area contributed by atoms with Crippen LogP contribution < -0.4 is 0 Å². The molecule has 0 amide bonds. The molecule has 4 heavy (non-hydrogen) atoms. The Labute approximate surface area is 38.2 Å². The van der Waals surface area contributed by atoms with Crippen LogP contribution in [0, 0.1) is 0 Å². The number of hydrogen-bond donors (Lipinski definition) is 2. The van der Waals surface area contributed by atoms with Crippen molar-refractivity contribution in [1.82, 2.24) is 0 Å². The van der Waals surface area contributed by atoms with Crippen LogP contribution in [0.4, 0.5) is 0 Å². The van der Waals surface area contributed by atoms with Crippen LogP contribution in [0.25, 0.3) is 0 Å². The molecule has 0 saturated heterocycles. The van der Waals surface area contributed by atoms with Gasteiger partial charge in [-0.05, 0) is 0 Å². The fourth-order valence-corrected chi connectivity index (χ4v) is 0. The van der Waals surface area contributed by atoms with Gasteiger partial charge >= 0.3 is 0 Å². The van der Waals surface area contributed by atoms with Crippen molar-refractivity contribution in [1.29, 1.82) is 0 Å². The molecule has 0 spiro atoms. The molecule has 0 atom stereocenters. The summed E-state index contributed by atoms with van der Waals surface area (Å²) < 4.78 is -0.278. The molecule has 0 fully saturated rings. The summed E-state index contributed by atoms with van der Waals surface area (Å²) in [7, 11) is 4.84. The zero-order valence-corrected chi connectivity index (χ0v) is 3.84. The Morgan fingerprint density at radius 1 is 1.50 bits per heavy atom. The molecule has 0 saturated carbocycles. The van der Waals surface area contributed by atoms with Crippen molar-refractivity contribution in [3.05, 3.63) is 0 Å². The molecule has 0 nitrogen and oxygen atoms in total. The lowest BCUT2D eigenvalue weighted by Gasteiger charge is -1.78. The summed E-state index contributed by atoms with van der Waals surface area (Å²) in [6, 6.07) is 0. The van der Waals surface area contributed by atoms with Crippen molar-refractivity contribution in [2.45, 2.75) is 4.48 Å². The average molecular weight is 90.0 g/mol. The minimum atomic E-state index is -0.278. The Hall–Kier alpha value is 0.765. The predicted molar refractivity (Wildman–Crippen MR) is 27.5 cm³/mol. The molecule has 0 aliphatic carbocycles. The summed E-state index contributed by atoms with van der Waals surface area (Å²) in [4.78, 5) is 0. The Morgan fingerprint density at radius 2 is 1.50 bits per heavy atom. The lowest BCUT2D eigenvalue weighted by Crippen LogP contribution is -1.76. The highest BCUT2D eigenvalue weighted by atomic mass is 32.2. The molecule has 0 heterocycles. The van der Waals surface area contributed by atoms with E-state index in [2.05, 4.69) is 25.3 Å². The predicted octanol–water partition coefficient (Wildman–Crippen LogP) is 0.298. The normalized spacial score (nSPS) is 8.75. The average Bonchev–Trinajstić information content (AvgIpc) is 0.811. The molecule has 0 aromatic rings. The molecule has 0 unspecified atom stereocenters. The van der Waals surface area contributed by atoms with Crippen molar-refractivity contribution in [3.8, 4) is 0 Å². The summed E-state index contributed by atoms with van der Waals surface area (Å²) in [6.45, 7) is 0. The van der Waals surface area contributed by atoms with E-state index < -0.39 is 0 Å². The van der Waals surface area contributed by atoms with Gasteiger partial charge in [-0.3, -0.25) is 0 Å². The number of rotatable bonds is 0. The highest BCUT2D eigenvalue weighted by molar-refractivity contribution is 8.01. The van der Waals surface area contributed by atoms with Crippen LogP contribution in [0.15, 0.2) is 0 Å². The molecule has 2 radical (unpaired) electrons. The first kappa shape index (κ1) is 4.76. The van der Waals surface area contributed by atoms with E-state index in [9.17, 15) is 0 Å². The van der Waals surface area contributed by atoms with Gasteiger partial charge in [0, 0.05) is 4.48 Å². The van der Waals surface area contributed by atoms with E-state index in [1.54, 1.807) is 0 Å². The largest absolute Gasteiger partial charge is 0.175 e. The summed E-state index contributed by atoms with van der Waals surface area (Å²) in [5.74, 6) is 0. The van der Waals surface area contributed by atoms with Crippen molar-refractivity contribution < 1.29 is 0 Å². The van der Waals surface area contributed by atoms with Crippen LogP contribution in [0.1, 0.15) is 0 Å². The quantitative estimate of drug-likeness (QED) is 0.238. The fraction of sp³-hybridized carbons (Fsp3) is 1.00. The smallest absolute Gasteiger partial charge is 0.0987 e. The summed E-state index contributed by atoms with van der Waals surface area (Å²) in [5, 5.41) is 0. The molecule has 0 rings (SSSR count). The molecule has 3 heteroatoms. The summed E-state index contributed by atoms with van der Waals surface area (Å²) >= 11 is 7.22. The van der Waals surface area contributed by atoms with Gasteiger partial charge < -0.3 is 0 Å². The van der Waals surface area contributed by atoms with Crippen molar-refractivity contribution in [2.75, 3.05) is 0 Å². The Kier molecular flexibility index (Phi) is 2.42. The van der Waals surface area contributed by atoms with E-state index in [4.69, 9.17) is 7.85 Å². The second-order valence-corrected chi connectivity index (χ2v) is 1.93. The van der Waals surface area contributed by atoms with E-state index in [0.29, 0.717) is 0 Å². The van der Waals surface area contributed by atoms with Crippen LogP contribution in [0.5, 0.6) is 0 Å². The number of thiol groups is 2. The topological polar surface area (TPSA) is 0 Å². The summed E-state index contributed by atoms with van der Waals surface area (Å²) in [6.07, 6.45) is 0. The van der Waals surface area contributed by atoms with Gasteiger partial charge in [0.2, 0.25) is 0 Å². The minimum Gasteiger partial charge on any atom is -0.175 e. The maximum Gasteiger partial charge on any atom is 0.0987 e. The lowest BCUT2D eigenvalue weighted by atomic mass is 10.2. The molecule has 0 N–H and O–H groups in total. The van der Waals surface area contributed by atoms with Gasteiger partial charge in [-0.25, -0.2) is 0 Å².